The van der Waals surface area contributed by atoms with Crippen LogP contribution in [0, 0.1) is 0 Å². The normalized spacial score (nSPS) is 11.4. The summed E-state index contributed by atoms with van der Waals surface area (Å²) in [6.45, 7) is -0.0787. The van der Waals surface area contributed by atoms with Crippen molar-refractivity contribution in [2.45, 2.75) is 19.0 Å². The lowest BCUT2D eigenvalue weighted by Crippen LogP contribution is -2.33. The van der Waals surface area contributed by atoms with Crippen molar-refractivity contribution in [2.75, 3.05) is 20.3 Å². The van der Waals surface area contributed by atoms with Gasteiger partial charge in [0.15, 0.2) is 0 Å². The van der Waals surface area contributed by atoms with E-state index in [1.807, 2.05) is 42.5 Å². The van der Waals surface area contributed by atoms with Crippen LogP contribution in [0.1, 0.15) is 44.3 Å². The van der Waals surface area contributed by atoms with Crippen molar-refractivity contribution < 1.29 is 29.3 Å². The standard InChI is InChI=1S/C33H32N2O6/c1-41-25-17-15-23(16-18-25)21-35(20-19-31(37)38)33(40)29-14-8-6-12-27(29)26-11-5-7-13-28(26)32(39)34-30(22-36)24-9-3-2-4-10-24/h2-18,30,36H,19-22H2,1H3,(H,34,39)(H,37,38)/t30-/m1/s1. The van der Waals surface area contributed by atoms with Crippen molar-refractivity contribution in [1.29, 1.82) is 0 Å². The third-order valence-electron chi connectivity index (χ3n) is 6.72. The summed E-state index contributed by atoms with van der Waals surface area (Å²) in [5.41, 5.74) is 3.35. The van der Waals surface area contributed by atoms with Gasteiger partial charge in [-0.1, -0.05) is 78.9 Å². The number of nitrogens with zero attached hydrogens (tertiary/aromatic N) is 1. The molecule has 1 atom stereocenters. The summed E-state index contributed by atoms with van der Waals surface area (Å²) in [5, 5.41) is 22.2. The van der Waals surface area contributed by atoms with Gasteiger partial charge in [0.1, 0.15) is 5.75 Å². The van der Waals surface area contributed by atoms with E-state index in [1.54, 1.807) is 67.8 Å². The Balaban J connectivity index is 1.67. The van der Waals surface area contributed by atoms with E-state index >= 15 is 0 Å². The lowest BCUT2D eigenvalue weighted by atomic mass is 9.94. The van der Waals surface area contributed by atoms with Gasteiger partial charge in [0.2, 0.25) is 0 Å². The maximum absolute atomic E-state index is 13.9. The zero-order chi connectivity index (χ0) is 29.2. The van der Waals surface area contributed by atoms with Gasteiger partial charge in [0.25, 0.3) is 11.8 Å². The fourth-order valence-corrected chi connectivity index (χ4v) is 4.58. The van der Waals surface area contributed by atoms with Crippen LogP contribution in [0.15, 0.2) is 103 Å². The van der Waals surface area contributed by atoms with Crippen LogP contribution in [-0.4, -0.2) is 53.2 Å². The lowest BCUT2D eigenvalue weighted by molar-refractivity contribution is -0.137. The van der Waals surface area contributed by atoms with E-state index in [2.05, 4.69) is 5.32 Å². The van der Waals surface area contributed by atoms with Crippen LogP contribution in [0.3, 0.4) is 0 Å². The summed E-state index contributed by atoms with van der Waals surface area (Å²) < 4.78 is 5.22. The molecule has 3 N–H and O–H groups in total. The predicted molar refractivity (Wildman–Crippen MR) is 156 cm³/mol. The van der Waals surface area contributed by atoms with Gasteiger partial charge in [-0.25, -0.2) is 0 Å². The molecule has 0 radical (unpaired) electrons. The molecule has 0 saturated carbocycles. The number of carboxylic acid groups (broad SMARTS) is 1. The number of carboxylic acids is 1. The monoisotopic (exact) mass is 552 g/mol. The fourth-order valence-electron chi connectivity index (χ4n) is 4.58. The summed E-state index contributed by atoms with van der Waals surface area (Å²) in [4.78, 5) is 40.3. The Morgan fingerprint density at radius 1 is 0.805 bits per heavy atom. The molecule has 8 heteroatoms. The molecule has 0 heterocycles. The van der Waals surface area contributed by atoms with Gasteiger partial charge in [-0.05, 0) is 46.5 Å². The van der Waals surface area contributed by atoms with Crippen molar-refractivity contribution in [3.8, 4) is 16.9 Å². The average Bonchev–Trinajstić information content (AvgIpc) is 3.02. The maximum Gasteiger partial charge on any atom is 0.305 e. The van der Waals surface area contributed by atoms with Crippen LogP contribution >= 0.6 is 0 Å². The highest BCUT2D eigenvalue weighted by atomic mass is 16.5. The van der Waals surface area contributed by atoms with Crippen molar-refractivity contribution in [3.05, 3.63) is 125 Å². The van der Waals surface area contributed by atoms with E-state index in [4.69, 9.17) is 4.74 Å². The second-order valence-corrected chi connectivity index (χ2v) is 9.43. The molecule has 2 amide bonds. The van der Waals surface area contributed by atoms with Crippen LogP contribution in [0.5, 0.6) is 5.75 Å². The van der Waals surface area contributed by atoms with Gasteiger partial charge in [0.05, 0.1) is 26.2 Å². The second-order valence-electron chi connectivity index (χ2n) is 9.43. The average molecular weight is 553 g/mol. The number of aliphatic carboxylic acids is 1. The molecule has 0 aromatic heterocycles. The summed E-state index contributed by atoms with van der Waals surface area (Å²) in [7, 11) is 1.57. The number of amides is 2. The van der Waals surface area contributed by atoms with Crippen molar-refractivity contribution in [1.82, 2.24) is 10.2 Å². The van der Waals surface area contributed by atoms with E-state index < -0.39 is 17.9 Å². The number of hydrogen-bond donors (Lipinski definition) is 3. The van der Waals surface area contributed by atoms with Crippen LogP contribution in [-0.2, 0) is 11.3 Å². The molecule has 0 fully saturated rings. The molecule has 0 saturated heterocycles. The summed E-state index contributed by atoms with van der Waals surface area (Å²) >= 11 is 0. The molecule has 4 rings (SSSR count). The first-order chi connectivity index (χ1) is 19.9. The number of carbonyl (C=O) groups is 3. The van der Waals surface area contributed by atoms with E-state index in [0.29, 0.717) is 28.0 Å². The van der Waals surface area contributed by atoms with Crippen molar-refractivity contribution >= 4 is 17.8 Å². The van der Waals surface area contributed by atoms with Gasteiger partial charge >= 0.3 is 5.97 Å². The SMILES string of the molecule is COc1ccc(CN(CCC(=O)O)C(=O)c2ccccc2-c2ccccc2C(=O)N[C@H](CO)c2ccccc2)cc1. The highest BCUT2D eigenvalue weighted by Gasteiger charge is 2.24. The summed E-state index contributed by atoms with van der Waals surface area (Å²) in [6.07, 6.45) is -0.217. The van der Waals surface area contributed by atoms with Crippen LogP contribution in [0.4, 0.5) is 0 Å². The van der Waals surface area contributed by atoms with Gasteiger partial charge in [-0.2, -0.15) is 0 Å². The fraction of sp³-hybridized carbons (Fsp3) is 0.182. The third kappa shape index (κ3) is 7.38. The topological polar surface area (TPSA) is 116 Å². The molecule has 0 spiro atoms. The van der Waals surface area contributed by atoms with Crippen LogP contribution in [0.2, 0.25) is 0 Å². The number of methoxy groups -OCH3 is 1. The highest BCUT2D eigenvalue weighted by molar-refractivity contribution is 6.06. The minimum Gasteiger partial charge on any atom is -0.497 e. The molecule has 0 bridgehead atoms. The number of hydrogen-bond acceptors (Lipinski definition) is 5. The lowest BCUT2D eigenvalue weighted by Gasteiger charge is -2.24. The Kier molecular flexibility index (Phi) is 9.85. The quantitative estimate of drug-likeness (QED) is 0.229. The molecule has 4 aromatic rings. The zero-order valence-corrected chi connectivity index (χ0v) is 22.7. The number of aliphatic hydroxyl groups is 1. The Morgan fingerprint density at radius 3 is 2.00 bits per heavy atom. The van der Waals surface area contributed by atoms with Gasteiger partial charge < -0.3 is 25.2 Å². The Bertz CT molecular complexity index is 1490. The second kappa shape index (κ2) is 13.9. The minimum atomic E-state index is -1.01. The first-order valence-electron chi connectivity index (χ1n) is 13.2. The van der Waals surface area contributed by atoms with E-state index in [-0.39, 0.29) is 32.0 Å². The maximum atomic E-state index is 13.9. The molecule has 0 unspecified atom stereocenters. The smallest absolute Gasteiger partial charge is 0.305 e. The summed E-state index contributed by atoms with van der Waals surface area (Å²) in [6, 6.07) is 29.7. The molecular weight excluding hydrogens is 520 g/mol. The number of ether oxygens (including phenoxy) is 1. The molecule has 41 heavy (non-hydrogen) atoms. The number of nitrogens with one attached hydrogen (secondary N) is 1. The largest absolute Gasteiger partial charge is 0.497 e. The first-order valence-corrected chi connectivity index (χ1v) is 13.2. The number of carbonyl (C=O) groups excluding carboxylic acids is 2. The predicted octanol–water partition coefficient (Wildman–Crippen LogP) is 4.94. The van der Waals surface area contributed by atoms with Gasteiger partial charge in [-0.15, -0.1) is 0 Å². The minimum absolute atomic E-state index is 0.00587. The van der Waals surface area contributed by atoms with Crippen molar-refractivity contribution in [3.63, 3.8) is 0 Å². The Morgan fingerprint density at radius 2 is 1.39 bits per heavy atom. The van der Waals surface area contributed by atoms with Crippen molar-refractivity contribution in [2.24, 2.45) is 0 Å². The van der Waals surface area contributed by atoms with E-state index in [9.17, 15) is 24.6 Å². The van der Waals surface area contributed by atoms with Gasteiger partial charge in [0, 0.05) is 24.2 Å². The first kappa shape index (κ1) is 29.0. The molecule has 8 nitrogen and oxygen atoms in total. The van der Waals surface area contributed by atoms with Gasteiger partial charge in [-0.3, -0.25) is 14.4 Å². The number of aliphatic hydroxyl groups excluding tert-OH is 1. The number of rotatable bonds is 12. The van der Waals surface area contributed by atoms with E-state index in [1.165, 1.54) is 4.90 Å². The molecule has 0 aliphatic rings. The number of benzene rings is 4. The molecule has 0 aliphatic carbocycles. The third-order valence-corrected chi connectivity index (χ3v) is 6.72. The molecule has 210 valence electrons. The van der Waals surface area contributed by atoms with Crippen LogP contribution in [0.25, 0.3) is 11.1 Å². The molecule has 4 aromatic carbocycles. The zero-order valence-electron chi connectivity index (χ0n) is 22.7. The van der Waals surface area contributed by atoms with E-state index in [0.717, 1.165) is 11.1 Å². The molecular formula is C33H32N2O6. The summed E-state index contributed by atoms with van der Waals surface area (Å²) in [5.74, 6) is -1.09. The van der Waals surface area contributed by atoms with Crippen LogP contribution < -0.4 is 10.1 Å². The molecule has 0 aliphatic heterocycles. The Hall–Kier alpha value is -4.95. The Labute approximate surface area is 238 Å². The highest BCUT2D eigenvalue weighted by Crippen LogP contribution is 2.29.